The Balaban J connectivity index is 0.00000400. The largest absolute Gasteiger partial charge is 0.308 e. The fourth-order valence-corrected chi connectivity index (χ4v) is 6.55. The van der Waals surface area contributed by atoms with Gasteiger partial charge in [-0.1, -0.05) is 29.5 Å². The van der Waals surface area contributed by atoms with Crippen LogP contribution in [-0.4, -0.2) is 57.9 Å². The fraction of sp³-hybridized carbons (Fsp3) is 0.286. The highest BCUT2D eigenvalue weighted by atomic mass is 35.5. The smallest absolute Gasteiger partial charge is 0.264 e. The Labute approximate surface area is 235 Å². The van der Waals surface area contributed by atoms with E-state index in [-0.39, 0.29) is 23.2 Å². The van der Waals surface area contributed by atoms with Gasteiger partial charge in [-0.25, -0.2) is 13.4 Å². The van der Waals surface area contributed by atoms with Crippen LogP contribution < -0.4 is 9.21 Å². The number of carbonyl (C=O) groups is 1. The molecule has 1 aromatic heterocycles. The molecule has 0 atom stereocenters. The number of aromatic nitrogens is 1. The summed E-state index contributed by atoms with van der Waals surface area (Å²) in [6.45, 7) is 7.33. The number of nitrogens with zero attached hydrogens (tertiary/aromatic N) is 4. The van der Waals surface area contributed by atoms with Gasteiger partial charge in [0.25, 0.3) is 15.9 Å². The van der Waals surface area contributed by atoms with E-state index in [1.807, 2.05) is 43.3 Å². The minimum atomic E-state index is -3.77. The Morgan fingerprint density at radius 2 is 1.55 bits per heavy atom. The topological polar surface area (TPSA) is 73.8 Å². The summed E-state index contributed by atoms with van der Waals surface area (Å²) >= 11 is 1.49. The molecule has 4 rings (SSSR count). The summed E-state index contributed by atoms with van der Waals surface area (Å²) in [6.07, 6.45) is 0. The van der Waals surface area contributed by atoms with E-state index in [4.69, 9.17) is 4.98 Å². The summed E-state index contributed by atoms with van der Waals surface area (Å²) in [4.78, 5) is 22.3. The van der Waals surface area contributed by atoms with Crippen LogP contribution in [0.4, 0.5) is 10.8 Å². The summed E-state index contributed by atoms with van der Waals surface area (Å²) in [5, 5.41) is 0.629. The predicted octanol–water partition coefficient (Wildman–Crippen LogP) is 5.76. The number of para-hydroxylation sites is 1. The molecule has 0 N–H and O–H groups in total. The van der Waals surface area contributed by atoms with Gasteiger partial charge in [-0.3, -0.25) is 14.0 Å². The molecule has 0 saturated carbocycles. The van der Waals surface area contributed by atoms with Gasteiger partial charge in [-0.05, 0) is 94.5 Å². The number of halogens is 1. The van der Waals surface area contributed by atoms with Crippen LogP contribution in [-0.2, 0) is 10.0 Å². The number of hydrogen-bond donors (Lipinski definition) is 0. The van der Waals surface area contributed by atoms with Crippen molar-refractivity contribution in [3.05, 3.63) is 83.4 Å². The van der Waals surface area contributed by atoms with Crippen LogP contribution >= 0.6 is 23.7 Å². The second kappa shape index (κ2) is 12.3. The third-order valence-corrected chi connectivity index (χ3v) is 9.22. The molecule has 4 aromatic rings. The van der Waals surface area contributed by atoms with Crippen molar-refractivity contribution in [1.29, 1.82) is 0 Å². The van der Waals surface area contributed by atoms with E-state index in [2.05, 4.69) is 19.9 Å². The molecule has 1 amide bonds. The van der Waals surface area contributed by atoms with Crippen LogP contribution in [0, 0.1) is 13.8 Å². The third-order valence-electron chi connectivity index (χ3n) is 6.26. The molecule has 0 aliphatic heterocycles. The lowest BCUT2D eigenvalue weighted by molar-refractivity contribution is 0.0985. The van der Waals surface area contributed by atoms with E-state index < -0.39 is 10.0 Å². The molecule has 0 saturated heterocycles. The molecule has 202 valence electrons. The maximum absolute atomic E-state index is 13.7. The number of benzene rings is 3. The summed E-state index contributed by atoms with van der Waals surface area (Å²) in [6, 6.07) is 19.3. The molecular formula is C28H33ClN4O3S2. The number of fused-ring (bicyclic) bond motifs is 1. The Morgan fingerprint density at radius 3 is 2.16 bits per heavy atom. The maximum atomic E-state index is 13.7. The first-order chi connectivity index (χ1) is 17.6. The Morgan fingerprint density at radius 1 is 0.921 bits per heavy atom. The third kappa shape index (κ3) is 6.18. The summed E-state index contributed by atoms with van der Waals surface area (Å²) in [5.41, 5.74) is 4.22. The van der Waals surface area contributed by atoms with Crippen molar-refractivity contribution >= 4 is 60.7 Å². The SMILES string of the molecule is CCN(c1ccccc1)S(=O)(=O)c1ccc(C(=O)N(CCN(C)C)c2nc3cc(C)c(C)cc3s2)cc1.Cl. The van der Waals surface area contributed by atoms with E-state index >= 15 is 0 Å². The number of anilines is 2. The maximum Gasteiger partial charge on any atom is 0.264 e. The van der Waals surface area contributed by atoms with E-state index in [9.17, 15) is 13.2 Å². The van der Waals surface area contributed by atoms with Gasteiger partial charge < -0.3 is 4.90 Å². The average Bonchev–Trinajstić information content (AvgIpc) is 3.27. The van der Waals surface area contributed by atoms with Crippen molar-refractivity contribution in [3.63, 3.8) is 0 Å². The summed E-state index contributed by atoms with van der Waals surface area (Å²) < 4.78 is 29.1. The highest BCUT2D eigenvalue weighted by Gasteiger charge is 2.26. The van der Waals surface area contributed by atoms with Gasteiger partial charge in [-0.2, -0.15) is 0 Å². The van der Waals surface area contributed by atoms with Gasteiger partial charge in [0.05, 0.1) is 20.8 Å². The molecule has 0 aliphatic rings. The zero-order valence-corrected chi connectivity index (χ0v) is 24.7. The number of sulfonamides is 1. The first-order valence-corrected chi connectivity index (χ1v) is 14.4. The summed E-state index contributed by atoms with van der Waals surface area (Å²) in [5.74, 6) is -0.214. The lowest BCUT2D eigenvalue weighted by Crippen LogP contribution is -2.36. The van der Waals surface area contributed by atoms with Crippen LogP contribution in [0.15, 0.2) is 71.6 Å². The van der Waals surface area contributed by atoms with Crippen LogP contribution in [0.3, 0.4) is 0 Å². The monoisotopic (exact) mass is 572 g/mol. The number of thiazole rings is 1. The van der Waals surface area contributed by atoms with Crippen molar-refractivity contribution in [1.82, 2.24) is 9.88 Å². The van der Waals surface area contributed by atoms with E-state index in [0.29, 0.717) is 36.0 Å². The number of aryl methyl sites for hydroxylation is 2. The van der Waals surface area contributed by atoms with E-state index in [0.717, 1.165) is 15.8 Å². The molecule has 3 aromatic carbocycles. The van der Waals surface area contributed by atoms with Crippen molar-refractivity contribution in [2.45, 2.75) is 25.7 Å². The quantitative estimate of drug-likeness (QED) is 0.255. The van der Waals surface area contributed by atoms with Gasteiger partial charge in [0.1, 0.15) is 0 Å². The van der Waals surface area contributed by atoms with Crippen molar-refractivity contribution < 1.29 is 13.2 Å². The number of rotatable bonds is 9. The van der Waals surface area contributed by atoms with Crippen LogP contribution in [0.25, 0.3) is 10.2 Å². The van der Waals surface area contributed by atoms with Gasteiger partial charge in [0.2, 0.25) is 0 Å². The number of hydrogen-bond acceptors (Lipinski definition) is 6. The molecular weight excluding hydrogens is 540 g/mol. The normalized spacial score (nSPS) is 11.4. The van der Waals surface area contributed by atoms with Crippen molar-refractivity contribution in [2.24, 2.45) is 0 Å². The van der Waals surface area contributed by atoms with Gasteiger partial charge in [0, 0.05) is 25.2 Å². The average molecular weight is 573 g/mol. The molecule has 0 spiro atoms. The minimum absolute atomic E-state index is 0. The standard InChI is InChI=1S/C28H32N4O3S2.ClH/c1-6-32(23-10-8-7-9-11-23)37(34,35)24-14-12-22(13-15-24)27(33)31(17-16-30(4)5)28-29-25-18-20(2)21(3)19-26(25)36-28;/h7-15,18-19H,6,16-17H2,1-5H3;1H. The highest BCUT2D eigenvalue weighted by molar-refractivity contribution is 7.92. The second-order valence-corrected chi connectivity index (χ2v) is 12.1. The fourth-order valence-electron chi connectivity index (χ4n) is 4.01. The van der Waals surface area contributed by atoms with Gasteiger partial charge in [0.15, 0.2) is 5.13 Å². The van der Waals surface area contributed by atoms with Crippen LogP contribution in [0.1, 0.15) is 28.4 Å². The molecule has 0 unspecified atom stereocenters. The molecule has 7 nitrogen and oxygen atoms in total. The van der Waals surface area contributed by atoms with Crippen molar-refractivity contribution in [2.75, 3.05) is 42.9 Å². The Bertz CT molecular complexity index is 1470. The molecule has 0 radical (unpaired) electrons. The minimum Gasteiger partial charge on any atom is -0.308 e. The zero-order valence-electron chi connectivity index (χ0n) is 22.2. The summed E-state index contributed by atoms with van der Waals surface area (Å²) in [7, 11) is 0.141. The second-order valence-electron chi connectivity index (χ2n) is 9.19. The van der Waals surface area contributed by atoms with E-state index in [1.165, 1.54) is 33.3 Å². The van der Waals surface area contributed by atoms with Crippen LogP contribution in [0.2, 0.25) is 0 Å². The van der Waals surface area contributed by atoms with E-state index in [1.54, 1.807) is 36.1 Å². The lowest BCUT2D eigenvalue weighted by atomic mass is 10.1. The highest BCUT2D eigenvalue weighted by Crippen LogP contribution is 2.32. The molecule has 1 heterocycles. The van der Waals surface area contributed by atoms with Gasteiger partial charge in [-0.15, -0.1) is 12.4 Å². The van der Waals surface area contributed by atoms with Crippen LogP contribution in [0.5, 0.6) is 0 Å². The predicted molar refractivity (Wildman–Crippen MR) is 160 cm³/mol. The molecule has 0 fully saturated rings. The number of carbonyl (C=O) groups excluding carboxylic acids is 1. The van der Waals surface area contributed by atoms with Crippen molar-refractivity contribution in [3.8, 4) is 0 Å². The molecule has 38 heavy (non-hydrogen) atoms. The van der Waals surface area contributed by atoms with Gasteiger partial charge >= 0.3 is 0 Å². The molecule has 0 aliphatic carbocycles. The first-order valence-electron chi connectivity index (χ1n) is 12.1. The first kappa shape index (κ1) is 29.6. The molecule has 10 heteroatoms. The molecule has 0 bridgehead atoms. The number of amides is 1. The Hall–Kier alpha value is -2.98. The zero-order chi connectivity index (χ0) is 26.7. The number of likely N-dealkylation sites (N-methyl/N-ethyl adjacent to an activating group) is 1. The lowest BCUT2D eigenvalue weighted by Gasteiger charge is -2.24. The Kier molecular flexibility index (Phi) is 9.54.